The lowest BCUT2D eigenvalue weighted by Crippen LogP contribution is -2.43. The van der Waals surface area contributed by atoms with Gasteiger partial charge in [-0.15, -0.1) is 24.0 Å². The minimum Gasteiger partial charge on any atom is -0.497 e. The summed E-state index contributed by atoms with van der Waals surface area (Å²) >= 11 is 0. The van der Waals surface area contributed by atoms with Crippen molar-refractivity contribution in [1.29, 1.82) is 0 Å². The normalized spacial score (nSPS) is 14.5. The van der Waals surface area contributed by atoms with E-state index in [0.29, 0.717) is 12.5 Å². The zero-order chi connectivity index (χ0) is 19.2. The molecule has 3 rings (SSSR count). The van der Waals surface area contributed by atoms with E-state index in [1.807, 2.05) is 18.2 Å². The van der Waals surface area contributed by atoms with Gasteiger partial charge in [-0.2, -0.15) is 8.78 Å². The first-order chi connectivity index (χ1) is 13.1. The maximum atomic E-state index is 12.9. The van der Waals surface area contributed by atoms with Gasteiger partial charge in [0.25, 0.3) is 0 Å². The summed E-state index contributed by atoms with van der Waals surface area (Å²) in [6.45, 7) is -0.941. The number of methoxy groups -OCH3 is 1. The molecule has 0 atom stereocenters. The fourth-order valence-corrected chi connectivity index (χ4v) is 3.10. The largest absolute Gasteiger partial charge is 0.497 e. The SMILES string of the molecule is CN=C(NCc1nccn1C(F)F)N1CC=C(c2cccc(OC)c2)CC1.I. The fraction of sp³-hybridized carbons (Fsp3) is 0.368. The predicted molar refractivity (Wildman–Crippen MR) is 116 cm³/mol. The quantitative estimate of drug-likeness (QED) is 0.384. The Morgan fingerprint density at radius 1 is 1.39 bits per heavy atom. The van der Waals surface area contributed by atoms with Crippen LogP contribution in [0.3, 0.4) is 0 Å². The lowest BCUT2D eigenvalue weighted by atomic mass is 9.99. The molecule has 1 N–H and O–H groups in total. The van der Waals surface area contributed by atoms with Crippen molar-refractivity contribution >= 4 is 35.5 Å². The van der Waals surface area contributed by atoms with Crippen LogP contribution in [0.4, 0.5) is 8.78 Å². The van der Waals surface area contributed by atoms with E-state index < -0.39 is 6.55 Å². The summed E-state index contributed by atoms with van der Waals surface area (Å²) in [4.78, 5) is 10.3. The Balaban J connectivity index is 0.00000280. The monoisotopic (exact) mass is 503 g/mol. The van der Waals surface area contributed by atoms with Crippen molar-refractivity contribution < 1.29 is 13.5 Å². The second-order valence-corrected chi connectivity index (χ2v) is 6.09. The van der Waals surface area contributed by atoms with Gasteiger partial charge in [0.05, 0.1) is 13.7 Å². The van der Waals surface area contributed by atoms with Crippen LogP contribution in [0.15, 0.2) is 47.7 Å². The Bertz CT molecular complexity index is 837. The van der Waals surface area contributed by atoms with Gasteiger partial charge in [0.1, 0.15) is 11.6 Å². The third-order valence-electron chi connectivity index (χ3n) is 4.52. The number of benzene rings is 1. The number of aliphatic imine (C=N–C) groups is 1. The average Bonchev–Trinajstić information content (AvgIpc) is 3.18. The maximum Gasteiger partial charge on any atom is 0.319 e. The third-order valence-corrected chi connectivity index (χ3v) is 4.52. The molecule has 0 saturated heterocycles. The molecule has 0 radical (unpaired) electrons. The highest BCUT2D eigenvalue weighted by molar-refractivity contribution is 14.0. The van der Waals surface area contributed by atoms with Crippen LogP contribution in [0.1, 0.15) is 24.4 Å². The van der Waals surface area contributed by atoms with Crippen LogP contribution in [0, 0.1) is 0 Å². The van der Waals surface area contributed by atoms with Crippen LogP contribution in [0.25, 0.3) is 5.57 Å². The van der Waals surface area contributed by atoms with Crippen LogP contribution < -0.4 is 10.1 Å². The zero-order valence-electron chi connectivity index (χ0n) is 15.8. The number of nitrogens with zero attached hydrogens (tertiary/aromatic N) is 4. The number of hydrogen-bond acceptors (Lipinski definition) is 3. The molecular formula is C19H24F2IN5O. The molecule has 0 unspecified atom stereocenters. The van der Waals surface area contributed by atoms with E-state index in [-0.39, 0.29) is 36.3 Å². The zero-order valence-corrected chi connectivity index (χ0v) is 18.1. The Hall–Kier alpha value is -2.17. The molecule has 28 heavy (non-hydrogen) atoms. The van der Waals surface area contributed by atoms with Crippen molar-refractivity contribution in [3.8, 4) is 5.75 Å². The topological polar surface area (TPSA) is 54.7 Å². The second-order valence-electron chi connectivity index (χ2n) is 6.09. The molecule has 0 spiro atoms. The molecule has 9 heteroatoms. The summed E-state index contributed by atoms with van der Waals surface area (Å²) in [6.07, 6.45) is 5.66. The number of hydrogen-bond donors (Lipinski definition) is 1. The highest BCUT2D eigenvalue weighted by Gasteiger charge is 2.18. The van der Waals surface area contributed by atoms with Crippen LogP contribution in [0.5, 0.6) is 5.75 Å². The molecule has 2 aromatic rings. The van der Waals surface area contributed by atoms with Crippen LogP contribution >= 0.6 is 24.0 Å². The van der Waals surface area contributed by atoms with E-state index in [1.54, 1.807) is 14.2 Å². The molecule has 6 nitrogen and oxygen atoms in total. The van der Waals surface area contributed by atoms with Crippen molar-refractivity contribution in [1.82, 2.24) is 19.8 Å². The van der Waals surface area contributed by atoms with Gasteiger partial charge >= 0.3 is 6.55 Å². The molecule has 152 valence electrons. The second kappa shape index (κ2) is 10.4. The van der Waals surface area contributed by atoms with Gasteiger partial charge in [-0.05, 0) is 29.7 Å². The molecule has 1 aliphatic heterocycles. The maximum absolute atomic E-state index is 12.9. The number of rotatable bonds is 5. The van der Waals surface area contributed by atoms with Gasteiger partial charge in [-0.1, -0.05) is 18.2 Å². The molecule has 0 saturated carbocycles. The van der Waals surface area contributed by atoms with Gasteiger partial charge < -0.3 is 15.0 Å². The van der Waals surface area contributed by atoms with Crippen molar-refractivity contribution in [3.63, 3.8) is 0 Å². The third kappa shape index (κ3) is 5.21. The van der Waals surface area contributed by atoms with E-state index in [0.717, 1.165) is 28.8 Å². The number of imidazole rings is 1. The molecule has 0 fully saturated rings. The van der Waals surface area contributed by atoms with Gasteiger partial charge in [-0.25, -0.2) is 4.98 Å². The van der Waals surface area contributed by atoms with Crippen LogP contribution in [-0.4, -0.2) is 47.7 Å². The van der Waals surface area contributed by atoms with Crippen molar-refractivity contribution in [2.75, 3.05) is 27.2 Å². The first-order valence-electron chi connectivity index (χ1n) is 8.71. The first-order valence-corrected chi connectivity index (χ1v) is 8.71. The van der Waals surface area contributed by atoms with Crippen molar-refractivity contribution in [2.45, 2.75) is 19.5 Å². The predicted octanol–water partition coefficient (Wildman–Crippen LogP) is 3.77. The van der Waals surface area contributed by atoms with E-state index in [2.05, 4.69) is 32.3 Å². The van der Waals surface area contributed by atoms with E-state index >= 15 is 0 Å². The Labute approximate surface area is 180 Å². The average molecular weight is 503 g/mol. The van der Waals surface area contributed by atoms with Gasteiger partial charge in [-0.3, -0.25) is 9.56 Å². The fourth-order valence-electron chi connectivity index (χ4n) is 3.10. The summed E-state index contributed by atoms with van der Waals surface area (Å²) < 4.78 is 32.0. The number of nitrogens with one attached hydrogen (secondary N) is 1. The summed E-state index contributed by atoms with van der Waals surface area (Å²) in [5.41, 5.74) is 2.41. The van der Waals surface area contributed by atoms with Gasteiger partial charge in [0.2, 0.25) is 0 Å². The Morgan fingerprint density at radius 2 is 2.21 bits per heavy atom. The molecule has 2 heterocycles. The summed E-state index contributed by atoms with van der Waals surface area (Å²) in [6, 6.07) is 8.00. The molecule has 0 aliphatic carbocycles. The molecule has 1 aliphatic rings. The van der Waals surface area contributed by atoms with Crippen molar-refractivity contribution in [3.05, 3.63) is 54.1 Å². The number of guanidine groups is 1. The minimum absolute atomic E-state index is 0. The number of aromatic nitrogens is 2. The van der Waals surface area contributed by atoms with Crippen LogP contribution in [0.2, 0.25) is 0 Å². The molecular weight excluding hydrogens is 479 g/mol. The van der Waals surface area contributed by atoms with Crippen molar-refractivity contribution in [2.24, 2.45) is 4.99 Å². The Kier molecular flexibility index (Phi) is 8.21. The number of ether oxygens (including phenoxy) is 1. The summed E-state index contributed by atoms with van der Waals surface area (Å²) in [5.74, 6) is 1.78. The number of halogens is 3. The first kappa shape index (κ1) is 22.1. The summed E-state index contributed by atoms with van der Waals surface area (Å²) in [5, 5.41) is 3.12. The minimum atomic E-state index is -2.60. The molecule has 1 aromatic heterocycles. The molecule has 1 aromatic carbocycles. The smallest absolute Gasteiger partial charge is 0.319 e. The standard InChI is InChI=1S/C19H23F2N5O.HI/c1-22-19(24-13-17-23-8-11-26(17)18(20)21)25-9-6-14(7-10-25)15-4-3-5-16(12-15)27-2;/h3-6,8,11-12,18H,7,9-10,13H2,1-2H3,(H,22,24);1H. The highest BCUT2D eigenvalue weighted by atomic mass is 127. The van der Waals surface area contributed by atoms with Crippen LogP contribution in [-0.2, 0) is 6.54 Å². The lowest BCUT2D eigenvalue weighted by molar-refractivity contribution is 0.0668. The lowest BCUT2D eigenvalue weighted by Gasteiger charge is -2.29. The highest BCUT2D eigenvalue weighted by Crippen LogP contribution is 2.25. The van der Waals surface area contributed by atoms with E-state index in [4.69, 9.17) is 4.74 Å². The number of alkyl halides is 2. The van der Waals surface area contributed by atoms with Gasteiger partial charge in [0, 0.05) is 32.5 Å². The Morgan fingerprint density at radius 3 is 2.86 bits per heavy atom. The molecule has 0 amide bonds. The van der Waals surface area contributed by atoms with E-state index in [1.165, 1.54) is 18.0 Å². The molecule has 0 bridgehead atoms. The van der Waals surface area contributed by atoms with E-state index in [9.17, 15) is 8.78 Å². The van der Waals surface area contributed by atoms with Gasteiger partial charge in [0.15, 0.2) is 5.96 Å². The summed E-state index contributed by atoms with van der Waals surface area (Å²) in [7, 11) is 3.34.